The van der Waals surface area contributed by atoms with E-state index in [2.05, 4.69) is 19.2 Å². The van der Waals surface area contributed by atoms with Gasteiger partial charge in [0.15, 0.2) is 0 Å². The summed E-state index contributed by atoms with van der Waals surface area (Å²) >= 11 is 3.47. The van der Waals surface area contributed by atoms with Gasteiger partial charge in [-0.25, -0.2) is 4.57 Å². The third-order valence-corrected chi connectivity index (χ3v) is 4.62. The summed E-state index contributed by atoms with van der Waals surface area (Å²) in [5.41, 5.74) is 0. The van der Waals surface area contributed by atoms with Crippen LogP contribution >= 0.6 is 19.0 Å². The standard InChI is InChI=1S/C16H35O3PS/c1-2-3-4-5-6-7-8-9-10-11-12-13-14-15-16-19-20(17,18)21/h2-16H2,1H3,(H2,17,18,21). The van der Waals surface area contributed by atoms with Crippen molar-refractivity contribution in [3.8, 4) is 0 Å². The van der Waals surface area contributed by atoms with Crippen molar-refractivity contribution in [2.45, 2.75) is 96.8 Å². The molecule has 0 aromatic heterocycles. The van der Waals surface area contributed by atoms with E-state index in [4.69, 9.17) is 9.42 Å². The summed E-state index contributed by atoms with van der Waals surface area (Å²) in [4.78, 5) is 8.82. The Labute approximate surface area is 136 Å². The number of rotatable bonds is 16. The van der Waals surface area contributed by atoms with E-state index >= 15 is 0 Å². The van der Waals surface area contributed by atoms with Crippen LogP contribution in [0.25, 0.3) is 0 Å². The van der Waals surface area contributed by atoms with Crippen molar-refractivity contribution >= 4 is 19.0 Å². The molecule has 0 aromatic carbocycles. The second kappa shape index (κ2) is 15.4. The number of hydrogen-bond acceptors (Lipinski definition) is 2. The lowest BCUT2D eigenvalue weighted by molar-refractivity contribution is 0.268. The van der Waals surface area contributed by atoms with Gasteiger partial charge in [-0.2, -0.15) is 0 Å². The van der Waals surface area contributed by atoms with Gasteiger partial charge in [0.2, 0.25) is 0 Å². The van der Waals surface area contributed by atoms with Crippen LogP contribution in [0, 0.1) is 0 Å². The monoisotopic (exact) mass is 338 g/mol. The highest BCUT2D eigenvalue weighted by molar-refractivity contribution is 8.44. The first-order valence-electron chi connectivity index (χ1n) is 8.76. The van der Waals surface area contributed by atoms with Gasteiger partial charge in [-0.3, -0.25) is 0 Å². The average Bonchev–Trinajstić information content (AvgIpc) is 2.42. The van der Waals surface area contributed by atoms with Crippen LogP contribution in [0.1, 0.15) is 96.8 Å². The zero-order chi connectivity index (χ0) is 15.8. The Hall–Kier alpha value is 0.500. The fourth-order valence-electron chi connectivity index (χ4n) is 2.48. The Balaban J connectivity index is 3.01. The largest absolute Gasteiger partial charge is 0.383 e. The molecule has 1 unspecified atom stereocenters. The molecule has 21 heavy (non-hydrogen) atoms. The van der Waals surface area contributed by atoms with Crippen LogP contribution in [-0.4, -0.2) is 11.5 Å². The number of unbranched alkanes of at least 4 members (excludes halogenated alkanes) is 13. The zero-order valence-electron chi connectivity index (χ0n) is 13.8. The van der Waals surface area contributed by atoms with Crippen molar-refractivity contribution < 1.29 is 14.0 Å². The second-order valence-corrected chi connectivity index (χ2v) is 8.68. The van der Waals surface area contributed by atoms with Crippen LogP contribution in [0.15, 0.2) is 0 Å². The second-order valence-electron chi connectivity index (χ2n) is 5.92. The molecule has 128 valence electrons. The van der Waals surface area contributed by atoms with E-state index in [0.29, 0.717) is 6.61 Å². The molecule has 0 spiro atoms. The van der Waals surface area contributed by atoms with E-state index in [-0.39, 0.29) is 0 Å². The molecule has 0 radical (unpaired) electrons. The average molecular weight is 338 g/mol. The first-order chi connectivity index (χ1) is 10.1. The molecule has 0 aromatic rings. The Bertz CT molecular complexity index is 256. The summed E-state index contributed by atoms with van der Waals surface area (Å²) in [6.07, 6.45) is 18.2. The van der Waals surface area contributed by atoms with E-state index in [9.17, 15) is 4.57 Å². The summed E-state index contributed by atoms with van der Waals surface area (Å²) in [5.74, 6) is 0. The van der Waals surface area contributed by atoms with Crippen LogP contribution in [0.3, 0.4) is 0 Å². The van der Waals surface area contributed by atoms with Gasteiger partial charge in [-0.15, -0.1) is 0 Å². The summed E-state index contributed by atoms with van der Waals surface area (Å²) in [6.45, 7) is -0.953. The van der Waals surface area contributed by atoms with Crippen LogP contribution in [-0.2, 0) is 9.09 Å². The molecular formula is C16H35O3PS. The SMILES string of the molecule is CCCCCCCCCCCCCCCCOP(=O)(O)S. The third kappa shape index (κ3) is 20.5. The van der Waals surface area contributed by atoms with Crippen molar-refractivity contribution in [2.24, 2.45) is 0 Å². The summed E-state index contributed by atoms with van der Waals surface area (Å²) in [5, 5.41) is 0. The highest BCUT2D eigenvalue weighted by Gasteiger charge is 2.09. The molecule has 0 heterocycles. The van der Waals surface area contributed by atoms with Gasteiger partial charge in [0.1, 0.15) is 0 Å². The quantitative estimate of drug-likeness (QED) is 0.191. The van der Waals surface area contributed by atoms with Crippen molar-refractivity contribution in [2.75, 3.05) is 6.61 Å². The van der Waals surface area contributed by atoms with Crippen LogP contribution in [0.4, 0.5) is 0 Å². The minimum atomic E-state index is -3.56. The highest BCUT2D eigenvalue weighted by atomic mass is 32.7. The predicted octanol–water partition coefficient (Wildman–Crippen LogP) is 6.51. The van der Waals surface area contributed by atoms with Gasteiger partial charge in [-0.1, -0.05) is 103 Å². The van der Waals surface area contributed by atoms with Gasteiger partial charge < -0.3 is 9.42 Å². The molecule has 0 fully saturated rings. The van der Waals surface area contributed by atoms with Crippen LogP contribution in [0.2, 0.25) is 0 Å². The van der Waals surface area contributed by atoms with Gasteiger partial charge in [-0.05, 0) is 6.42 Å². The summed E-state index contributed by atoms with van der Waals surface area (Å²) in [7, 11) is 0. The molecule has 1 atom stereocenters. The maximum atomic E-state index is 10.7. The molecule has 0 aliphatic rings. The normalized spacial score (nSPS) is 14.2. The van der Waals surface area contributed by atoms with E-state index in [0.717, 1.165) is 12.8 Å². The summed E-state index contributed by atoms with van der Waals surface area (Å²) in [6, 6.07) is 0. The lowest BCUT2D eigenvalue weighted by Gasteiger charge is -2.05. The Morgan fingerprint density at radius 1 is 0.762 bits per heavy atom. The van der Waals surface area contributed by atoms with E-state index in [1.54, 1.807) is 0 Å². The van der Waals surface area contributed by atoms with Gasteiger partial charge in [0.25, 0.3) is 0 Å². The van der Waals surface area contributed by atoms with Crippen molar-refractivity contribution in [1.82, 2.24) is 0 Å². The maximum absolute atomic E-state index is 10.7. The Kier molecular flexibility index (Phi) is 15.8. The molecule has 0 bridgehead atoms. The molecular weight excluding hydrogens is 303 g/mol. The van der Waals surface area contributed by atoms with Gasteiger partial charge in [0.05, 0.1) is 6.61 Å². The minimum Gasteiger partial charge on any atom is -0.317 e. The predicted molar refractivity (Wildman–Crippen MR) is 95.1 cm³/mol. The molecule has 1 N–H and O–H groups in total. The van der Waals surface area contributed by atoms with Crippen LogP contribution < -0.4 is 0 Å². The summed E-state index contributed by atoms with van der Waals surface area (Å²) < 4.78 is 15.5. The lowest BCUT2D eigenvalue weighted by atomic mass is 10.0. The molecule has 0 saturated carbocycles. The van der Waals surface area contributed by atoms with Crippen molar-refractivity contribution in [3.05, 3.63) is 0 Å². The molecule has 0 aliphatic carbocycles. The van der Waals surface area contributed by atoms with Gasteiger partial charge in [0, 0.05) is 0 Å². The minimum absolute atomic E-state index is 0.343. The van der Waals surface area contributed by atoms with E-state index in [1.165, 1.54) is 77.0 Å². The maximum Gasteiger partial charge on any atom is 0.383 e. The molecule has 0 aliphatic heterocycles. The molecule has 0 amide bonds. The fourth-order valence-corrected chi connectivity index (χ4v) is 3.09. The lowest BCUT2D eigenvalue weighted by Crippen LogP contribution is -1.90. The zero-order valence-corrected chi connectivity index (χ0v) is 15.6. The first-order valence-corrected chi connectivity index (χ1v) is 11.5. The Morgan fingerprint density at radius 2 is 1.10 bits per heavy atom. The number of thiol groups is 1. The Morgan fingerprint density at radius 3 is 1.43 bits per heavy atom. The molecule has 0 rings (SSSR count). The number of hydrogen-bond donors (Lipinski definition) is 2. The molecule has 3 nitrogen and oxygen atoms in total. The fraction of sp³-hybridized carbons (Fsp3) is 1.00. The molecule has 0 saturated heterocycles. The highest BCUT2D eigenvalue weighted by Crippen LogP contribution is 2.46. The van der Waals surface area contributed by atoms with E-state index < -0.39 is 6.80 Å². The molecule has 5 heteroatoms. The topological polar surface area (TPSA) is 46.5 Å². The third-order valence-electron chi connectivity index (χ3n) is 3.76. The smallest absolute Gasteiger partial charge is 0.317 e. The van der Waals surface area contributed by atoms with Crippen molar-refractivity contribution in [3.63, 3.8) is 0 Å². The van der Waals surface area contributed by atoms with Crippen molar-refractivity contribution in [1.29, 1.82) is 0 Å². The van der Waals surface area contributed by atoms with Crippen LogP contribution in [0.5, 0.6) is 0 Å². The van der Waals surface area contributed by atoms with Gasteiger partial charge >= 0.3 is 6.80 Å². The first kappa shape index (κ1) is 21.5. The van der Waals surface area contributed by atoms with E-state index in [1.807, 2.05) is 0 Å².